The van der Waals surface area contributed by atoms with Crippen molar-refractivity contribution in [2.75, 3.05) is 32.8 Å². The highest BCUT2D eigenvalue weighted by atomic mass is 16.5. The van der Waals surface area contributed by atoms with E-state index >= 15 is 0 Å². The Morgan fingerprint density at radius 2 is 2.15 bits per heavy atom. The number of amides is 2. The molecule has 6 rings (SSSR count). The van der Waals surface area contributed by atoms with Crippen molar-refractivity contribution in [3.05, 3.63) is 35.8 Å². The standard InChI is InChI=1S/C25H35N5O3/c1-25(2)17-7-6-16(20(25)10-17)13-27-24(32)21-4-3-5-22-28-18(14-30(21)22)11-23(31)29-8-9-33-19(12-26)15-29/h3-5,14,16-17,19-20H,6-13,15,26H2,1-2H3,(H,27,32)/t16-,17+,19?,20-/m0/s1. The molecule has 8 nitrogen and oxygen atoms in total. The fourth-order valence-electron chi connectivity index (χ4n) is 6.21. The summed E-state index contributed by atoms with van der Waals surface area (Å²) in [5.74, 6) is 2.03. The van der Waals surface area contributed by atoms with E-state index in [1.54, 1.807) is 9.30 Å². The monoisotopic (exact) mass is 453 g/mol. The molecule has 4 atom stereocenters. The molecule has 2 bridgehead atoms. The van der Waals surface area contributed by atoms with Crippen molar-refractivity contribution in [1.29, 1.82) is 0 Å². The largest absolute Gasteiger partial charge is 0.373 e. The van der Waals surface area contributed by atoms with E-state index in [4.69, 9.17) is 10.5 Å². The van der Waals surface area contributed by atoms with Gasteiger partial charge in [0, 0.05) is 32.4 Å². The van der Waals surface area contributed by atoms with Gasteiger partial charge in [-0.1, -0.05) is 19.9 Å². The van der Waals surface area contributed by atoms with Crippen LogP contribution in [0.2, 0.25) is 0 Å². The SMILES string of the molecule is CC1(C)[C@@H]2CC[C@@H](CNC(=O)c3cccc4nc(CC(=O)N5CCOC(CN)C5)cn34)[C@@H]1C2. The van der Waals surface area contributed by atoms with Crippen LogP contribution in [0.3, 0.4) is 0 Å². The molecule has 8 heteroatoms. The minimum absolute atomic E-state index is 0.00451. The first-order valence-corrected chi connectivity index (χ1v) is 12.2. The maximum absolute atomic E-state index is 13.1. The quantitative estimate of drug-likeness (QED) is 0.695. The third-order valence-electron chi connectivity index (χ3n) is 8.39. The van der Waals surface area contributed by atoms with E-state index in [9.17, 15) is 9.59 Å². The maximum Gasteiger partial charge on any atom is 0.268 e. The van der Waals surface area contributed by atoms with Crippen molar-refractivity contribution >= 4 is 17.5 Å². The predicted molar refractivity (Wildman–Crippen MR) is 125 cm³/mol. The fraction of sp³-hybridized carbons (Fsp3) is 0.640. The lowest BCUT2D eigenvalue weighted by atomic mass is 9.45. The number of rotatable bonds is 6. The first-order valence-electron chi connectivity index (χ1n) is 12.2. The molecule has 1 unspecified atom stereocenters. The number of carbonyl (C=O) groups is 2. The van der Waals surface area contributed by atoms with E-state index in [1.807, 2.05) is 24.4 Å². The van der Waals surface area contributed by atoms with Gasteiger partial charge in [0.25, 0.3) is 5.91 Å². The van der Waals surface area contributed by atoms with Gasteiger partial charge in [-0.05, 0) is 54.6 Å². The summed E-state index contributed by atoms with van der Waals surface area (Å²) in [4.78, 5) is 32.2. The van der Waals surface area contributed by atoms with Crippen LogP contribution in [0.1, 0.15) is 49.3 Å². The lowest BCUT2D eigenvalue weighted by molar-refractivity contribution is -0.137. The first-order chi connectivity index (χ1) is 15.9. The van der Waals surface area contributed by atoms with Crippen molar-refractivity contribution in [3.63, 3.8) is 0 Å². The van der Waals surface area contributed by atoms with Crippen LogP contribution in [0.25, 0.3) is 5.65 Å². The summed E-state index contributed by atoms with van der Waals surface area (Å²) >= 11 is 0. The van der Waals surface area contributed by atoms with E-state index in [0.29, 0.717) is 60.5 Å². The molecular formula is C25H35N5O3. The Morgan fingerprint density at radius 3 is 2.91 bits per heavy atom. The third-order valence-corrected chi connectivity index (χ3v) is 8.39. The zero-order valence-corrected chi connectivity index (χ0v) is 19.6. The molecule has 2 aromatic heterocycles. The molecule has 0 spiro atoms. The number of hydrogen-bond donors (Lipinski definition) is 2. The smallest absolute Gasteiger partial charge is 0.268 e. The molecule has 178 valence electrons. The molecular weight excluding hydrogens is 418 g/mol. The number of aromatic nitrogens is 2. The van der Waals surface area contributed by atoms with Crippen LogP contribution in [0.4, 0.5) is 0 Å². The summed E-state index contributed by atoms with van der Waals surface area (Å²) in [5, 5.41) is 3.18. The van der Waals surface area contributed by atoms with E-state index in [2.05, 4.69) is 24.1 Å². The Kier molecular flexibility index (Phi) is 5.91. The summed E-state index contributed by atoms with van der Waals surface area (Å²) in [6.07, 6.45) is 5.67. The van der Waals surface area contributed by atoms with E-state index in [0.717, 1.165) is 12.5 Å². The van der Waals surface area contributed by atoms with Gasteiger partial charge in [0.15, 0.2) is 0 Å². The molecule has 1 saturated heterocycles. The van der Waals surface area contributed by atoms with Crippen molar-refractivity contribution in [3.8, 4) is 0 Å². The fourth-order valence-corrected chi connectivity index (χ4v) is 6.21. The van der Waals surface area contributed by atoms with Crippen LogP contribution < -0.4 is 11.1 Å². The van der Waals surface area contributed by atoms with Crippen LogP contribution in [0.5, 0.6) is 0 Å². The Balaban J connectivity index is 1.25. The molecule has 3 heterocycles. The van der Waals surface area contributed by atoms with Crippen LogP contribution in [-0.2, 0) is 16.0 Å². The van der Waals surface area contributed by atoms with E-state index in [1.165, 1.54) is 19.3 Å². The number of morpholine rings is 1. The second-order valence-corrected chi connectivity index (χ2v) is 10.5. The van der Waals surface area contributed by atoms with Crippen LogP contribution in [0, 0.1) is 23.2 Å². The summed E-state index contributed by atoms with van der Waals surface area (Å²) in [6.45, 7) is 7.45. The van der Waals surface area contributed by atoms with Gasteiger partial charge in [-0.15, -0.1) is 0 Å². The van der Waals surface area contributed by atoms with Gasteiger partial charge < -0.3 is 20.7 Å². The van der Waals surface area contributed by atoms with Gasteiger partial charge in [0.2, 0.25) is 5.91 Å². The molecule has 3 N–H and O–H groups in total. The van der Waals surface area contributed by atoms with E-state index in [-0.39, 0.29) is 24.3 Å². The zero-order chi connectivity index (χ0) is 23.2. The highest BCUT2D eigenvalue weighted by Crippen LogP contribution is 2.61. The van der Waals surface area contributed by atoms with Crippen LogP contribution in [0.15, 0.2) is 24.4 Å². The lowest BCUT2D eigenvalue weighted by Gasteiger charge is -2.60. The number of carbonyl (C=O) groups excluding carboxylic acids is 2. The number of hydrogen-bond acceptors (Lipinski definition) is 5. The van der Waals surface area contributed by atoms with Gasteiger partial charge in [-0.3, -0.25) is 14.0 Å². The summed E-state index contributed by atoms with van der Waals surface area (Å²) in [6, 6.07) is 5.52. The highest BCUT2D eigenvalue weighted by Gasteiger charge is 2.53. The molecule has 4 fully saturated rings. The minimum atomic E-state index is -0.111. The normalized spacial score (nSPS) is 28.4. The van der Waals surface area contributed by atoms with Crippen LogP contribution >= 0.6 is 0 Å². The summed E-state index contributed by atoms with van der Waals surface area (Å²) in [7, 11) is 0. The Hall–Kier alpha value is -2.45. The summed E-state index contributed by atoms with van der Waals surface area (Å²) in [5.41, 5.74) is 7.98. The van der Waals surface area contributed by atoms with E-state index < -0.39 is 0 Å². The van der Waals surface area contributed by atoms with Crippen molar-refractivity contribution in [2.24, 2.45) is 28.9 Å². The maximum atomic E-state index is 13.1. The number of nitrogens with one attached hydrogen (secondary N) is 1. The second kappa shape index (κ2) is 8.72. The molecule has 3 aliphatic carbocycles. The number of nitrogens with two attached hydrogens (primary N) is 1. The molecule has 33 heavy (non-hydrogen) atoms. The number of imidazole rings is 1. The zero-order valence-electron chi connectivity index (χ0n) is 19.6. The molecule has 2 amide bonds. The molecule has 2 aromatic rings. The molecule has 4 aliphatic rings. The summed E-state index contributed by atoms with van der Waals surface area (Å²) < 4.78 is 7.35. The Labute approximate surface area is 194 Å². The highest BCUT2D eigenvalue weighted by molar-refractivity contribution is 5.93. The average molecular weight is 454 g/mol. The number of nitrogens with zero attached hydrogens (tertiary/aromatic N) is 3. The molecule has 1 aliphatic heterocycles. The molecule has 0 aromatic carbocycles. The predicted octanol–water partition coefficient (Wildman–Crippen LogP) is 1.87. The average Bonchev–Trinajstić information content (AvgIpc) is 3.24. The topological polar surface area (TPSA) is 102 Å². The van der Waals surface area contributed by atoms with Gasteiger partial charge >= 0.3 is 0 Å². The van der Waals surface area contributed by atoms with Crippen molar-refractivity contribution in [1.82, 2.24) is 19.6 Å². The third kappa shape index (κ3) is 4.15. The second-order valence-electron chi connectivity index (χ2n) is 10.5. The minimum Gasteiger partial charge on any atom is -0.373 e. The van der Waals surface area contributed by atoms with Gasteiger partial charge in [0.1, 0.15) is 11.3 Å². The van der Waals surface area contributed by atoms with Crippen molar-refractivity contribution in [2.45, 2.75) is 45.6 Å². The Bertz CT molecular complexity index is 1050. The lowest BCUT2D eigenvalue weighted by Crippen LogP contribution is -2.54. The molecule has 0 radical (unpaired) electrons. The van der Waals surface area contributed by atoms with Gasteiger partial charge in [-0.25, -0.2) is 4.98 Å². The van der Waals surface area contributed by atoms with Gasteiger partial charge in [-0.2, -0.15) is 0 Å². The number of pyridine rings is 1. The Morgan fingerprint density at radius 1 is 1.30 bits per heavy atom. The number of ether oxygens (including phenoxy) is 1. The number of fused-ring (bicyclic) bond motifs is 3. The molecule has 3 saturated carbocycles. The van der Waals surface area contributed by atoms with Crippen LogP contribution in [-0.4, -0.2) is 65.0 Å². The van der Waals surface area contributed by atoms with Crippen molar-refractivity contribution < 1.29 is 14.3 Å². The van der Waals surface area contributed by atoms with Gasteiger partial charge in [0.05, 0.1) is 24.8 Å². The first kappa shape index (κ1) is 22.3.